The largest absolute Gasteiger partial charge is 0.273 e. The van der Waals surface area contributed by atoms with E-state index in [0.29, 0.717) is 5.92 Å². The molecule has 0 heterocycles. The van der Waals surface area contributed by atoms with Crippen molar-refractivity contribution < 1.29 is 4.79 Å². The lowest BCUT2D eigenvalue weighted by Crippen LogP contribution is -2.29. The van der Waals surface area contributed by atoms with Gasteiger partial charge in [0.1, 0.15) is 0 Å². The summed E-state index contributed by atoms with van der Waals surface area (Å²) in [6.07, 6.45) is 5.71. The lowest BCUT2D eigenvalue weighted by Gasteiger charge is -2.19. The molecule has 0 aromatic heterocycles. The molecule has 15 heavy (non-hydrogen) atoms. The van der Waals surface area contributed by atoms with Crippen LogP contribution < -0.4 is 5.43 Å². The van der Waals surface area contributed by atoms with Gasteiger partial charge in [0.2, 0.25) is 5.91 Å². The minimum absolute atomic E-state index is 0.106. The van der Waals surface area contributed by atoms with Gasteiger partial charge < -0.3 is 0 Å². The number of amides is 1. The van der Waals surface area contributed by atoms with E-state index in [-0.39, 0.29) is 11.8 Å². The van der Waals surface area contributed by atoms with Gasteiger partial charge in [0.15, 0.2) is 0 Å². The van der Waals surface area contributed by atoms with Gasteiger partial charge in [0.25, 0.3) is 0 Å². The Labute approximate surface area is 92.3 Å². The van der Waals surface area contributed by atoms with Crippen molar-refractivity contribution in [1.29, 1.82) is 0 Å². The SMILES string of the molecule is C/C(=N\NC(=O)C1CCCCC1)C(C)C. The van der Waals surface area contributed by atoms with Crippen molar-refractivity contribution in [2.75, 3.05) is 0 Å². The van der Waals surface area contributed by atoms with Gasteiger partial charge in [-0.2, -0.15) is 5.10 Å². The number of rotatable bonds is 3. The number of carbonyl (C=O) groups excluding carboxylic acids is 1. The van der Waals surface area contributed by atoms with Crippen LogP contribution in [0, 0.1) is 11.8 Å². The monoisotopic (exact) mass is 210 g/mol. The van der Waals surface area contributed by atoms with Crippen LogP contribution in [0.3, 0.4) is 0 Å². The second kappa shape index (κ2) is 5.89. The number of nitrogens with zero attached hydrogens (tertiary/aromatic N) is 1. The van der Waals surface area contributed by atoms with Crippen molar-refractivity contribution in [3.63, 3.8) is 0 Å². The Hall–Kier alpha value is -0.860. The van der Waals surface area contributed by atoms with Crippen molar-refractivity contribution in [3.8, 4) is 0 Å². The van der Waals surface area contributed by atoms with Crippen LogP contribution in [-0.4, -0.2) is 11.6 Å². The summed E-state index contributed by atoms with van der Waals surface area (Å²) in [5, 5.41) is 4.12. The third-order valence-corrected chi connectivity index (χ3v) is 3.15. The molecular weight excluding hydrogens is 188 g/mol. The second-order valence-electron chi connectivity index (χ2n) is 4.72. The maximum Gasteiger partial charge on any atom is 0.243 e. The highest BCUT2D eigenvalue weighted by atomic mass is 16.2. The molecule has 0 radical (unpaired) electrons. The molecule has 1 N–H and O–H groups in total. The molecule has 0 bridgehead atoms. The minimum atomic E-state index is 0.106. The molecule has 0 spiro atoms. The molecule has 1 fully saturated rings. The van der Waals surface area contributed by atoms with Gasteiger partial charge in [-0.3, -0.25) is 4.79 Å². The van der Waals surface area contributed by atoms with Gasteiger partial charge in [-0.15, -0.1) is 0 Å². The molecule has 1 aliphatic rings. The van der Waals surface area contributed by atoms with Crippen LogP contribution in [0.2, 0.25) is 0 Å². The fourth-order valence-corrected chi connectivity index (χ4v) is 1.73. The van der Waals surface area contributed by atoms with Crippen molar-refractivity contribution in [2.24, 2.45) is 16.9 Å². The van der Waals surface area contributed by atoms with Gasteiger partial charge in [0, 0.05) is 11.6 Å². The molecule has 3 heteroatoms. The number of nitrogens with one attached hydrogen (secondary N) is 1. The number of hydrazone groups is 1. The van der Waals surface area contributed by atoms with Gasteiger partial charge in [-0.1, -0.05) is 33.1 Å². The van der Waals surface area contributed by atoms with Gasteiger partial charge in [-0.25, -0.2) is 5.43 Å². The van der Waals surface area contributed by atoms with Crippen LogP contribution in [0.1, 0.15) is 52.9 Å². The molecule has 0 saturated heterocycles. The molecule has 0 aromatic carbocycles. The van der Waals surface area contributed by atoms with Crippen LogP contribution in [0.25, 0.3) is 0 Å². The summed E-state index contributed by atoms with van der Waals surface area (Å²) in [6.45, 7) is 6.10. The smallest absolute Gasteiger partial charge is 0.243 e. The zero-order chi connectivity index (χ0) is 11.3. The maximum absolute atomic E-state index is 11.7. The summed E-state index contributed by atoms with van der Waals surface area (Å²) in [4.78, 5) is 11.7. The average molecular weight is 210 g/mol. The molecular formula is C12H22N2O. The predicted molar refractivity (Wildman–Crippen MR) is 62.7 cm³/mol. The summed E-state index contributed by atoms with van der Waals surface area (Å²) >= 11 is 0. The van der Waals surface area contributed by atoms with E-state index in [1.807, 2.05) is 6.92 Å². The van der Waals surface area contributed by atoms with E-state index < -0.39 is 0 Å². The fraction of sp³-hybridized carbons (Fsp3) is 0.833. The van der Waals surface area contributed by atoms with E-state index in [9.17, 15) is 4.79 Å². The molecule has 1 amide bonds. The molecule has 0 aliphatic heterocycles. The first-order valence-electron chi connectivity index (χ1n) is 5.95. The van der Waals surface area contributed by atoms with E-state index in [0.717, 1.165) is 18.6 Å². The van der Waals surface area contributed by atoms with E-state index in [1.54, 1.807) is 0 Å². The first kappa shape index (κ1) is 12.2. The Bertz CT molecular complexity index is 240. The lowest BCUT2D eigenvalue weighted by molar-refractivity contribution is -0.125. The van der Waals surface area contributed by atoms with E-state index in [2.05, 4.69) is 24.4 Å². The molecule has 86 valence electrons. The van der Waals surface area contributed by atoms with Gasteiger partial charge in [-0.05, 0) is 25.7 Å². The van der Waals surface area contributed by atoms with Gasteiger partial charge >= 0.3 is 0 Å². The molecule has 0 aromatic rings. The zero-order valence-corrected chi connectivity index (χ0v) is 10.0. The molecule has 1 saturated carbocycles. The van der Waals surface area contributed by atoms with Crippen molar-refractivity contribution in [1.82, 2.24) is 5.43 Å². The number of hydrogen-bond donors (Lipinski definition) is 1. The molecule has 3 nitrogen and oxygen atoms in total. The highest BCUT2D eigenvalue weighted by Gasteiger charge is 2.20. The molecule has 1 rings (SSSR count). The Morgan fingerprint density at radius 2 is 1.87 bits per heavy atom. The Kier molecular flexibility index (Phi) is 4.79. The van der Waals surface area contributed by atoms with Crippen molar-refractivity contribution in [3.05, 3.63) is 0 Å². The Balaban J connectivity index is 2.37. The minimum Gasteiger partial charge on any atom is -0.273 e. The highest BCUT2D eigenvalue weighted by Crippen LogP contribution is 2.23. The van der Waals surface area contributed by atoms with Crippen LogP contribution in [0.5, 0.6) is 0 Å². The van der Waals surface area contributed by atoms with Crippen LogP contribution in [0.4, 0.5) is 0 Å². The topological polar surface area (TPSA) is 41.5 Å². The Morgan fingerprint density at radius 1 is 1.27 bits per heavy atom. The number of carbonyl (C=O) groups is 1. The average Bonchev–Trinajstić information content (AvgIpc) is 2.26. The third kappa shape index (κ3) is 4.02. The Morgan fingerprint density at radius 3 is 2.40 bits per heavy atom. The predicted octanol–water partition coefficient (Wildman–Crippen LogP) is 2.71. The van der Waals surface area contributed by atoms with E-state index >= 15 is 0 Å². The summed E-state index contributed by atoms with van der Waals surface area (Å²) in [7, 11) is 0. The van der Waals surface area contributed by atoms with Crippen molar-refractivity contribution >= 4 is 11.6 Å². The molecule has 1 aliphatic carbocycles. The first-order chi connectivity index (χ1) is 7.11. The fourth-order valence-electron chi connectivity index (χ4n) is 1.73. The first-order valence-corrected chi connectivity index (χ1v) is 5.95. The van der Waals surface area contributed by atoms with E-state index in [1.165, 1.54) is 19.3 Å². The molecule has 0 unspecified atom stereocenters. The second-order valence-corrected chi connectivity index (χ2v) is 4.72. The number of hydrogen-bond acceptors (Lipinski definition) is 2. The maximum atomic E-state index is 11.7. The summed E-state index contributed by atoms with van der Waals surface area (Å²) in [5.41, 5.74) is 3.67. The summed E-state index contributed by atoms with van der Waals surface area (Å²) in [5.74, 6) is 0.703. The van der Waals surface area contributed by atoms with E-state index in [4.69, 9.17) is 0 Å². The summed E-state index contributed by atoms with van der Waals surface area (Å²) in [6, 6.07) is 0. The highest BCUT2D eigenvalue weighted by molar-refractivity contribution is 5.86. The van der Waals surface area contributed by atoms with Crippen LogP contribution in [-0.2, 0) is 4.79 Å². The van der Waals surface area contributed by atoms with Crippen LogP contribution in [0.15, 0.2) is 5.10 Å². The zero-order valence-electron chi connectivity index (χ0n) is 10.0. The standard InChI is InChI=1S/C12H22N2O/c1-9(2)10(3)13-14-12(15)11-7-5-4-6-8-11/h9,11H,4-8H2,1-3H3,(H,14,15)/b13-10+. The molecule has 0 atom stereocenters. The normalized spacial score (nSPS) is 19.3. The lowest BCUT2D eigenvalue weighted by atomic mass is 9.89. The quantitative estimate of drug-likeness (QED) is 0.564. The summed E-state index contributed by atoms with van der Waals surface area (Å²) < 4.78 is 0. The third-order valence-electron chi connectivity index (χ3n) is 3.15. The van der Waals surface area contributed by atoms with Crippen molar-refractivity contribution in [2.45, 2.75) is 52.9 Å². The van der Waals surface area contributed by atoms with Crippen LogP contribution >= 0.6 is 0 Å². The van der Waals surface area contributed by atoms with Gasteiger partial charge in [0.05, 0.1) is 0 Å².